The normalized spacial score (nSPS) is 6.65. The Kier molecular flexibility index (Phi) is 16.8. The summed E-state index contributed by atoms with van der Waals surface area (Å²) in [6.45, 7) is 2.17. The van der Waals surface area contributed by atoms with E-state index in [1.165, 1.54) is 0 Å². The highest BCUT2D eigenvalue weighted by atomic mass is 32.1. The minimum absolute atomic E-state index is 0. The number of carbonyl (C=O) groups is 2. The van der Waals surface area contributed by atoms with E-state index in [0.29, 0.717) is 5.56 Å². The van der Waals surface area contributed by atoms with Gasteiger partial charge in [0.25, 0.3) is 11.9 Å². The fraction of sp³-hybridized carbons (Fsp3) is 0.182. The fourth-order valence-corrected chi connectivity index (χ4v) is 0.513. The zero-order chi connectivity index (χ0) is 13.0. The molecule has 1 rings (SSSR count). The van der Waals surface area contributed by atoms with Crippen molar-refractivity contribution in [3.8, 4) is 6.07 Å². The first kappa shape index (κ1) is 20.4. The zero-order valence-electron chi connectivity index (χ0n) is 9.54. The third-order valence-corrected chi connectivity index (χ3v) is 0.903. The molecule has 0 amide bonds. The standard InChI is InChI=1S/C7H5N.2C2H4O2.H2S/c8-6-7-4-2-1-3-5-7;2*1-2(3)4;/h1-5H;2*1H3,(H,3,4);1H2. The zero-order valence-corrected chi connectivity index (χ0v) is 10.5. The van der Waals surface area contributed by atoms with Crippen LogP contribution in [-0.4, -0.2) is 22.2 Å². The molecule has 1 aromatic rings. The van der Waals surface area contributed by atoms with Crippen LogP contribution in [0.1, 0.15) is 19.4 Å². The minimum Gasteiger partial charge on any atom is -0.481 e. The van der Waals surface area contributed by atoms with Crippen molar-refractivity contribution in [2.24, 2.45) is 0 Å². The maximum atomic E-state index is 9.00. The summed E-state index contributed by atoms with van der Waals surface area (Å²) >= 11 is 0. The maximum absolute atomic E-state index is 9.00. The van der Waals surface area contributed by atoms with Crippen molar-refractivity contribution in [2.75, 3.05) is 0 Å². The molecule has 1 aromatic carbocycles. The van der Waals surface area contributed by atoms with E-state index in [1.54, 1.807) is 12.1 Å². The number of hydrogen-bond donors (Lipinski definition) is 2. The summed E-state index contributed by atoms with van der Waals surface area (Å²) < 4.78 is 0. The van der Waals surface area contributed by atoms with Crippen molar-refractivity contribution in [1.82, 2.24) is 0 Å². The first-order chi connectivity index (χ1) is 7.40. The number of carboxylic acids is 2. The first-order valence-corrected chi connectivity index (χ1v) is 4.24. The predicted octanol–water partition coefficient (Wildman–Crippen LogP) is 1.85. The summed E-state index contributed by atoms with van der Waals surface area (Å²) in [6, 6.07) is 11.2. The number of nitrogens with zero attached hydrogens (tertiary/aromatic N) is 1. The average molecular weight is 257 g/mol. The van der Waals surface area contributed by atoms with Gasteiger partial charge in [0, 0.05) is 13.8 Å². The van der Waals surface area contributed by atoms with Gasteiger partial charge in [-0.25, -0.2) is 0 Å². The molecule has 0 aliphatic rings. The molecule has 0 aromatic heterocycles. The fourth-order valence-electron chi connectivity index (χ4n) is 0.513. The third-order valence-electron chi connectivity index (χ3n) is 0.903. The van der Waals surface area contributed by atoms with Gasteiger partial charge in [0.15, 0.2) is 0 Å². The van der Waals surface area contributed by atoms with Crippen molar-refractivity contribution in [1.29, 1.82) is 5.26 Å². The van der Waals surface area contributed by atoms with Gasteiger partial charge in [0.2, 0.25) is 0 Å². The van der Waals surface area contributed by atoms with Crippen LogP contribution in [-0.2, 0) is 9.59 Å². The SMILES string of the molecule is CC(=O)O.CC(=O)O.N#Cc1ccccc1.S. The van der Waals surface area contributed by atoms with E-state index in [-0.39, 0.29) is 13.5 Å². The summed E-state index contributed by atoms with van der Waals surface area (Å²) in [5.74, 6) is -1.67. The molecule has 0 aliphatic carbocycles. The molecule has 0 atom stereocenters. The van der Waals surface area contributed by atoms with Crippen LogP contribution in [0.3, 0.4) is 0 Å². The van der Waals surface area contributed by atoms with Gasteiger partial charge >= 0.3 is 0 Å². The summed E-state index contributed by atoms with van der Waals surface area (Å²) in [7, 11) is 0. The second-order valence-electron chi connectivity index (χ2n) is 2.52. The van der Waals surface area contributed by atoms with Gasteiger partial charge in [-0.2, -0.15) is 18.8 Å². The molecule has 17 heavy (non-hydrogen) atoms. The van der Waals surface area contributed by atoms with E-state index in [0.717, 1.165) is 13.8 Å². The number of hydrogen-bond acceptors (Lipinski definition) is 3. The Labute approximate surface area is 107 Å². The van der Waals surface area contributed by atoms with E-state index in [2.05, 4.69) is 0 Å². The lowest BCUT2D eigenvalue weighted by molar-refractivity contribution is -0.135. The topological polar surface area (TPSA) is 98.4 Å². The molecule has 0 saturated heterocycles. The number of nitriles is 1. The monoisotopic (exact) mass is 257 g/mol. The molecule has 2 N–H and O–H groups in total. The predicted molar refractivity (Wildman–Crippen MR) is 68.2 cm³/mol. The summed E-state index contributed by atoms with van der Waals surface area (Å²) in [5.41, 5.74) is 0.715. The molecule has 0 saturated carbocycles. The van der Waals surface area contributed by atoms with E-state index >= 15 is 0 Å². The highest BCUT2D eigenvalue weighted by Crippen LogP contribution is 1.93. The summed E-state index contributed by atoms with van der Waals surface area (Å²) in [6.07, 6.45) is 0. The van der Waals surface area contributed by atoms with Crippen molar-refractivity contribution in [2.45, 2.75) is 13.8 Å². The molecule has 0 aliphatic heterocycles. The van der Waals surface area contributed by atoms with E-state index in [4.69, 9.17) is 25.1 Å². The Morgan fingerprint density at radius 1 is 1.06 bits per heavy atom. The van der Waals surface area contributed by atoms with Crippen LogP contribution < -0.4 is 0 Å². The largest absolute Gasteiger partial charge is 0.481 e. The van der Waals surface area contributed by atoms with Crippen molar-refractivity contribution in [3.05, 3.63) is 35.9 Å². The van der Waals surface area contributed by atoms with Gasteiger partial charge in [-0.1, -0.05) is 18.2 Å². The summed E-state index contributed by atoms with van der Waals surface area (Å²) in [4.78, 5) is 18.0. The molecule has 0 bridgehead atoms. The molecule has 5 nitrogen and oxygen atoms in total. The maximum Gasteiger partial charge on any atom is 0.300 e. The Hall–Kier alpha value is -2.00. The van der Waals surface area contributed by atoms with Crippen LogP contribution >= 0.6 is 13.5 Å². The molecule has 94 valence electrons. The van der Waals surface area contributed by atoms with Crippen LogP contribution in [0.4, 0.5) is 0 Å². The first-order valence-electron chi connectivity index (χ1n) is 4.24. The lowest BCUT2D eigenvalue weighted by Crippen LogP contribution is -1.78. The Bertz CT molecular complexity index is 339. The van der Waals surface area contributed by atoms with Crippen LogP contribution in [0, 0.1) is 11.3 Å². The van der Waals surface area contributed by atoms with Crippen LogP contribution in [0.15, 0.2) is 30.3 Å². The number of carboxylic acid groups (broad SMARTS) is 2. The molecule has 0 heterocycles. The van der Waals surface area contributed by atoms with Gasteiger partial charge in [0.1, 0.15) is 0 Å². The number of rotatable bonds is 0. The quantitative estimate of drug-likeness (QED) is 0.739. The smallest absolute Gasteiger partial charge is 0.300 e. The lowest BCUT2D eigenvalue weighted by Gasteiger charge is -1.80. The van der Waals surface area contributed by atoms with Crippen molar-refractivity contribution >= 4 is 25.4 Å². The Morgan fingerprint density at radius 2 is 1.35 bits per heavy atom. The van der Waals surface area contributed by atoms with Gasteiger partial charge in [-0.15, -0.1) is 0 Å². The van der Waals surface area contributed by atoms with Gasteiger partial charge < -0.3 is 10.2 Å². The van der Waals surface area contributed by atoms with E-state index in [9.17, 15) is 0 Å². The number of benzene rings is 1. The molecular formula is C11H15NO4S. The Morgan fingerprint density at radius 3 is 1.53 bits per heavy atom. The number of aliphatic carboxylic acids is 2. The van der Waals surface area contributed by atoms with Crippen LogP contribution in [0.2, 0.25) is 0 Å². The Balaban J connectivity index is -0.000000189. The van der Waals surface area contributed by atoms with Crippen LogP contribution in [0.5, 0.6) is 0 Å². The third kappa shape index (κ3) is 31.5. The average Bonchev–Trinajstić information content (AvgIpc) is 2.17. The molecule has 0 unspecified atom stereocenters. The molecule has 0 spiro atoms. The minimum atomic E-state index is -0.833. The van der Waals surface area contributed by atoms with E-state index < -0.39 is 11.9 Å². The van der Waals surface area contributed by atoms with Gasteiger partial charge in [-0.3, -0.25) is 9.59 Å². The molecule has 0 radical (unpaired) electrons. The molecule has 6 heteroatoms. The highest BCUT2D eigenvalue weighted by molar-refractivity contribution is 7.59. The van der Waals surface area contributed by atoms with Crippen LogP contribution in [0.25, 0.3) is 0 Å². The second kappa shape index (κ2) is 14.0. The lowest BCUT2D eigenvalue weighted by atomic mass is 10.2. The summed E-state index contributed by atoms with van der Waals surface area (Å²) in [5, 5.41) is 23.1. The van der Waals surface area contributed by atoms with Gasteiger partial charge in [-0.05, 0) is 12.1 Å². The second-order valence-corrected chi connectivity index (χ2v) is 2.52. The highest BCUT2D eigenvalue weighted by Gasteiger charge is 1.79. The van der Waals surface area contributed by atoms with Crippen molar-refractivity contribution < 1.29 is 19.8 Å². The van der Waals surface area contributed by atoms with Crippen molar-refractivity contribution in [3.63, 3.8) is 0 Å². The van der Waals surface area contributed by atoms with E-state index in [1.807, 2.05) is 24.3 Å². The molecule has 0 fully saturated rings. The molecular weight excluding hydrogens is 242 g/mol. The van der Waals surface area contributed by atoms with Gasteiger partial charge in [0.05, 0.1) is 11.6 Å².